The molecule has 0 aromatic carbocycles. The zero-order valence-electron chi connectivity index (χ0n) is 4.37. The van der Waals surface area contributed by atoms with Crippen LogP contribution < -0.4 is 0 Å². The first-order valence-electron chi connectivity index (χ1n) is 2.42. The minimum Gasteiger partial charge on any atom is -0.240 e. The van der Waals surface area contributed by atoms with Gasteiger partial charge in [0.05, 0.1) is 5.92 Å². The standard InChI is InChI=1S/C5H6F3/c1-2-3-4(6)5(3,7)8/h2-4H,1H3. The van der Waals surface area contributed by atoms with E-state index in [2.05, 4.69) is 0 Å². The highest BCUT2D eigenvalue weighted by atomic mass is 19.3. The molecule has 3 heteroatoms. The van der Waals surface area contributed by atoms with E-state index in [0.29, 0.717) is 0 Å². The molecule has 0 nitrogen and oxygen atoms in total. The van der Waals surface area contributed by atoms with Crippen LogP contribution in [0.25, 0.3) is 0 Å². The number of hydrogen-bond acceptors (Lipinski definition) is 0. The van der Waals surface area contributed by atoms with Crippen molar-refractivity contribution in [2.75, 3.05) is 0 Å². The molecule has 0 heterocycles. The minimum atomic E-state index is -3.05. The van der Waals surface area contributed by atoms with Crippen molar-refractivity contribution in [1.82, 2.24) is 0 Å². The van der Waals surface area contributed by atoms with Crippen molar-refractivity contribution >= 4 is 0 Å². The summed E-state index contributed by atoms with van der Waals surface area (Å²) in [5, 5.41) is 0. The summed E-state index contributed by atoms with van der Waals surface area (Å²) >= 11 is 0. The minimum absolute atomic E-state index is 1.11. The van der Waals surface area contributed by atoms with Gasteiger partial charge in [-0.05, 0) is 6.42 Å². The normalized spacial score (nSPS) is 42.0. The molecule has 0 saturated heterocycles. The second-order valence-corrected chi connectivity index (χ2v) is 1.94. The average molecular weight is 123 g/mol. The Morgan fingerprint density at radius 2 is 1.88 bits per heavy atom. The molecule has 1 aliphatic rings. The molecule has 1 fully saturated rings. The van der Waals surface area contributed by atoms with Crippen LogP contribution in [0.4, 0.5) is 13.2 Å². The highest BCUT2D eigenvalue weighted by Gasteiger charge is 2.68. The van der Waals surface area contributed by atoms with Gasteiger partial charge in [-0.2, -0.15) is 0 Å². The predicted molar refractivity (Wildman–Crippen MR) is 23.3 cm³/mol. The Morgan fingerprint density at radius 3 is 1.88 bits per heavy atom. The van der Waals surface area contributed by atoms with Crippen molar-refractivity contribution in [2.45, 2.75) is 19.0 Å². The monoisotopic (exact) mass is 123 g/mol. The van der Waals surface area contributed by atoms with Gasteiger partial charge in [0.2, 0.25) is 0 Å². The molecule has 0 aliphatic heterocycles. The summed E-state index contributed by atoms with van der Waals surface area (Å²) in [6.07, 6.45) is -0.711. The molecule has 2 unspecified atom stereocenters. The van der Waals surface area contributed by atoms with E-state index in [9.17, 15) is 13.2 Å². The first kappa shape index (κ1) is 5.92. The summed E-state index contributed by atoms with van der Waals surface area (Å²) < 4.78 is 35.3. The third-order valence-electron chi connectivity index (χ3n) is 1.38. The van der Waals surface area contributed by atoms with Gasteiger partial charge in [-0.25, -0.2) is 13.2 Å². The Balaban J connectivity index is 2.45. The highest BCUT2D eigenvalue weighted by Crippen LogP contribution is 2.52. The number of halogens is 3. The van der Waals surface area contributed by atoms with Crippen LogP contribution in [0.5, 0.6) is 0 Å². The van der Waals surface area contributed by atoms with Crippen LogP contribution in [0.3, 0.4) is 0 Å². The number of hydrogen-bond donors (Lipinski definition) is 0. The summed E-state index contributed by atoms with van der Waals surface area (Å²) in [6.45, 7) is 1.44. The van der Waals surface area contributed by atoms with E-state index in [1.165, 1.54) is 13.3 Å². The van der Waals surface area contributed by atoms with Crippen LogP contribution in [0.15, 0.2) is 0 Å². The van der Waals surface area contributed by atoms with E-state index >= 15 is 0 Å². The molecule has 0 aromatic heterocycles. The van der Waals surface area contributed by atoms with Crippen LogP contribution >= 0.6 is 0 Å². The Morgan fingerprint density at radius 1 is 1.50 bits per heavy atom. The van der Waals surface area contributed by atoms with E-state index in [0.717, 1.165) is 0 Å². The summed E-state index contributed by atoms with van der Waals surface area (Å²) in [7, 11) is 0. The molecule has 2 atom stereocenters. The van der Waals surface area contributed by atoms with Gasteiger partial charge < -0.3 is 0 Å². The van der Waals surface area contributed by atoms with E-state index < -0.39 is 18.0 Å². The molecule has 0 bridgehead atoms. The Hall–Kier alpha value is -0.210. The molecule has 1 aliphatic carbocycles. The SMILES string of the molecule is C[CH]C1C(F)C1(F)F. The van der Waals surface area contributed by atoms with Gasteiger partial charge in [-0.15, -0.1) is 0 Å². The molecule has 0 N–H and O–H groups in total. The molecule has 1 rings (SSSR count). The lowest BCUT2D eigenvalue weighted by atomic mass is 10.3. The second-order valence-electron chi connectivity index (χ2n) is 1.94. The maximum Gasteiger partial charge on any atom is 0.285 e. The van der Waals surface area contributed by atoms with E-state index in [-0.39, 0.29) is 0 Å². The summed E-state index contributed by atoms with van der Waals surface area (Å²) in [5.41, 5.74) is 0. The number of rotatable bonds is 1. The third kappa shape index (κ3) is 0.533. The van der Waals surface area contributed by atoms with Gasteiger partial charge in [-0.3, -0.25) is 0 Å². The molecule has 8 heavy (non-hydrogen) atoms. The Bertz CT molecular complexity index is 99.8. The number of alkyl halides is 3. The quantitative estimate of drug-likeness (QED) is 0.498. The Kier molecular flexibility index (Phi) is 1.03. The maximum atomic E-state index is 11.8. The van der Waals surface area contributed by atoms with Gasteiger partial charge in [0.1, 0.15) is 0 Å². The Labute approximate surface area is 45.7 Å². The second kappa shape index (κ2) is 1.39. The molecule has 1 radical (unpaired) electrons. The lowest BCUT2D eigenvalue weighted by molar-refractivity contribution is 0.0788. The molecular weight excluding hydrogens is 117 g/mol. The molecular formula is C5H6F3. The van der Waals surface area contributed by atoms with Crippen molar-refractivity contribution in [1.29, 1.82) is 0 Å². The fourth-order valence-corrected chi connectivity index (χ4v) is 0.703. The van der Waals surface area contributed by atoms with Crippen LogP contribution in [0, 0.1) is 12.3 Å². The fraction of sp³-hybridized carbons (Fsp3) is 0.800. The fourth-order valence-electron chi connectivity index (χ4n) is 0.703. The lowest BCUT2D eigenvalue weighted by Crippen LogP contribution is -1.93. The van der Waals surface area contributed by atoms with Crippen molar-refractivity contribution in [2.24, 2.45) is 5.92 Å². The van der Waals surface area contributed by atoms with Crippen molar-refractivity contribution < 1.29 is 13.2 Å². The first-order chi connectivity index (χ1) is 3.60. The van der Waals surface area contributed by atoms with Gasteiger partial charge in [-0.1, -0.05) is 6.92 Å². The summed E-state index contributed by atoms with van der Waals surface area (Å²) in [4.78, 5) is 0. The zero-order valence-corrected chi connectivity index (χ0v) is 4.37. The van der Waals surface area contributed by atoms with Crippen LogP contribution in [0.2, 0.25) is 0 Å². The van der Waals surface area contributed by atoms with Crippen molar-refractivity contribution in [3.8, 4) is 0 Å². The lowest BCUT2D eigenvalue weighted by Gasteiger charge is -1.85. The predicted octanol–water partition coefficient (Wildman–Crippen LogP) is 1.81. The van der Waals surface area contributed by atoms with Crippen molar-refractivity contribution in [3.63, 3.8) is 0 Å². The molecule has 0 aromatic rings. The summed E-state index contributed by atoms with van der Waals surface area (Å²) in [5.74, 6) is -4.16. The van der Waals surface area contributed by atoms with Gasteiger partial charge in [0.15, 0.2) is 6.17 Å². The smallest absolute Gasteiger partial charge is 0.240 e. The van der Waals surface area contributed by atoms with Gasteiger partial charge in [0, 0.05) is 0 Å². The van der Waals surface area contributed by atoms with Crippen LogP contribution in [-0.2, 0) is 0 Å². The van der Waals surface area contributed by atoms with Gasteiger partial charge in [0.25, 0.3) is 5.92 Å². The van der Waals surface area contributed by atoms with E-state index in [4.69, 9.17) is 0 Å². The van der Waals surface area contributed by atoms with Crippen LogP contribution in [0.1, 0.15) is 6.92 Å². The first-order valence-corrected chi connectivity index (χ1v) is 2.42. The highest BCUT2D eigenvalue weighted by molar-refractivity contribution is 5.11. The molecule has 47 valence electrons. The molecule has 0 spiro atoms. The molecule has 0 amide bonds. The van der Waals surface area contributed by atoms with Crippen LogP contribution in [-0.4, -0.2) is 12.1 Å². The van der Waals surface area contributed by atoms with E-state index in [1.807, 2.05) is 0 Å². The average Bonchev–Trinajstić information content (AvgIpc) is 2.09. The van der Waals surface area contributed by atoms with Gasteiger partial charge >= 0.3 is 0 Å². The maximum absolute atomic E-state index is 11.8. The van der Waals surface area contributed by atoms with E-state index in [1.54, 1.807) is 0 Å². The van der Waals surface area contributed by atoms with Crippen molar-refractivity contribution in [3.05, 3.63) is 6.42 Å². The summed E-state index contributed by atoms with van der Waals surface area (Å²) in [6, 6.07) is 0. The third-order valence-corrected chi connectivity index (χ3v) is 1.38. The topological polar surface area (TPSA) is 0 Å². The largest absolute Gasteiger partial charge is 0.285 e. The molecule has 1 saturated carbocycles. The zero-order chi connectivity index (χ0) is 6.36.